The van der Waals surface area contributed by atoms with E-state index in [1.54, 1.807) is 6.92 Å². The van der Waals surface area contributed by atoms with Crippen LogP contribution in [0, 0.1) is 35.5 Å². The summed E-state index contributed by atoms with van der Waals surface area (Å²) in [7, 11) is 0. The van der Waals surface area contributed by atoms with Gasteiger partial charge in [0.2, 0.25) is 0 Å². The van der Waals surface area contributed by atoms with Gasteiger partial charge < -0.3 is 15.5 Å². The van der Waals surface area contributed by atoms with E-state index in [1.165, 1.54) is 5.57 Å². The molecule has 3 N–H and O–H groups in total. The molecule has 7 unspecified atom stereocenters. The van der Waals surface area contributed by atoms with Crippen molar-refractivity contribution in [2.24, 2.45) is 35.5 Å². The minimum absolute atomic E-state index is 0.0421. The number of rotatable bonds is 4. The Morgan fingerprint density at radius 3 is 2.46 bits per heavy atom. The van der Waals surface area contributed by atoms with E-state index in [9.17, 15) is 19.8 Å². The Balaban J connectivity index is 2.15. The predicted molar refractivity (Wildman–Crippen MR) is 108 cm³/mol. The molecule has 2 aliphatic carbocycles. The van der Waals surface area contributed by atoms with E-state index in [2.05, 4.69) is 39.1 Å². The first kappa shape index (κ1) is 21.1. The molecule has 5 nitrogen and oxygen atoms in total. The second-order valence-corrected chi connectivity index (χ2v) is 9.17. The zero-order chi connectivity index (χ0) is 20.7. The second kappa shape index (κ2) is 8.02. The number of carbonyl (C=O) groups excluding carboxylic acids is 2. The van der Waals surface area contributed by atoms with Crippen LogP contribution < -0.4 is 5.32 Å². The third kappa shape index (κ3) is 3.32. The first-order valence-corrected chi connectivity index (χ1v) is 10.9. The van der Waals surface area contributed by atoms with Gasteiger partial charge in [0.25, 0.3) is 5.91 Å². The first-order valence-electron chi connectivity index (χ1n) is 10.9. The van der Waals surface area contributed by atoms with Crippen molar-refractivity contribution in [3.63, 3.8) is 0 Å². The highest BCUT2D eigenvalue weighted by molar-refractivity contribution is 6.26. The number of fused-ring (bicyclic) bond motifs is 1. The van der Waals surface area contributed by atoms with E-state index in [0.717, 1.165) is 25.7 Å². The Kier molecular flexibility index (Phi) is 6.04. The summed E-state index contributed by atoms with van der Waals surface area (Å²) < 4.78 is 0. The minimum atomic E-state index is -0.593. The summed E-state index contributed by atoms with van der Waals surface area (Å²) in [5, 5.41) is 24.9. The molecule has 0 aromatic rings. The van der Waals surface area contributed by atoms with Crippen LogP contribution in [-0.4, -0.2) is 34.0 Å². The quantitative estimate of drug-likeness (QED) is 0.297. The number of amides is 1. The number of ketones is 1. The van der Waals surface area contributed by atoms with Gasteiger partial charge in [0.05, 0.1) is 12.1 Å². The number of aliphatic hydroxyl groups is 2. The average molecular weight is 390 g/mol. The van der Waals surface area contributed by atoms with E-state index in [0.29, 0.717) is 0 Å². The Morgan fingerprint density at radius 1 is 1.25 bits per heavy atom. The van der Waals surface area contributed by atoms with Crippen molar-refractivity contribution in [3.05, 3.63) is 23.0 Å². The molecular weight excluding hydrogens is 354 g/mol. The van der Waals surface area contributed by atoms with Gasteiger partial charge in [-0.15, -0.1) is 0 Å². The molecule has 1 amide bonds. The van der Waals surface area contributed by atoms with Crippen LogP contribution in [0.1, 0.15) is 60.3 Å². The summed E-state index contributed by atoms with van der Waals surface area (Å²) >= 11 is 0. The Labute approximate surface area is 168 Å². The Morgan fingerprint density at radius 2 is 1.93 bits per heavy atom. The molecule has 28 heavy (non-hydrogen) atoms. The van der Waals surface area contributed by atoms with Gasteiger partial charge in [-0.2, -0.15) is 0 Å². The Hall–Kier alpha value is -1.62. The maximum atomic E-state index is 12.6. The molecule has 0 aromatic carbocycles. The van der Waals surface area contributed by atoms with Gasteiger partial charge in [0, 0.05) is 5.92 Å². The lowest BCUT2D eigenvalue weighted by Crippen LogP contribution is -2.49. The van der Waals surface area contributed by atoms with Crippen LogP contribution in [0.2, 0.25) is 0 Å². The second-order valence-electron chi connectivity index (χ2n) is 9.17. The first-order chi connectivity index (χ1) is 13.2. The molecule has 156 valence electrons. The van der Waals surface area contributed by atoms with Crippen LogP contribution in [0.5, 0.6) is 0 Å². The molecule has 2 fully saturated rings. The van der Waals surface area contributed by atoms with E-state index >= 15 is 0 Å². The largest absolute Gasteiger partial charge is 0.511 e. The van der Waals surface area contributed by atoms with Crippen LogP contribution in [0.3, 0.4) is 0 Å². The van der Waals surface area contributed by atoms with Crippen molar-refractivity contribution in [1.29, 1.82) is 0 Å². The minimum Gasteiger partial charge on any atom is -0.511 e. The number of aliphatic hydroxyl groups excluding tert-OH is 2. The van der Waals surface area contributed by atoms with Crippen LogP contribution in [-0.2, 0) is 9.59 Å². The molecule has 0 spiro atoms. The van der Waals surface area contributed by atoms with Gasteiger partial charge in [-0.3, -0.25) is 9.59 Å². The van der Waals surface area contributed by atoms with E-state index < -0.39 is 18.1 Å². The van der Waals surface area contributed by atoms with Crippen molar-refractivity contribution < 1.29 is 19.8 Å². The van der Waals surface area contributed by atoms with Gasteiger partial charge in [-0.1, -0.05) is 45.3 Å². The molecule has 1 heterocycles. The number of hydrogen-bond acceptors (Lipinski definition) is 4. The summed E-state index contributed by atoms with van der Waals surface area (Å²) in [5.41, 5.74) is 1.17. The molecule has 5 heteroatoms. The number of hydrogen-bond donors (Lipinski definition) is 3. The molecule has 8 atom stereocenters. The molecular formula is C23H35NO4. The molecule has 1 aliphatic heterocycles. The maximum Gasteiger partial charge on any atom is 0.259 e. The molecule has 3 rings (SSSR count). The van der Waals surface area contributed by atoms with Gasteiger partial charge in [-0.25, -0.2) is 0 Å². The summed E-state index contributed by atoms with van der Waals surface area (Å²) in [6.07, 6.45) is 5.44. The van der Waals surface area contributed by atoms with Crippen molar-refractivity contribution in [1.82, 2.24) is 5.32 Å². The highest BCUT2D eigenvalue weighted by Gasteiger charge is 2.51. The predicted octanol–water partition coefficient (Wildman–Crippen LogP) is 3.54. The Bertz CT molecular complexity index is 709. The smallest absolute Gasteiger partial charge is 0.259 e. The normalized spacial score (nSPS) is 42.7. The number of allylic oxidation sites excluding steroid dienone is 3. The van der Waals surface area contributed by atoms with Crippen LogP contribution >= 0.6 is 0 Å². The van der Waals surface area contributed by atoms with Gasteiger partial charge in [0.15, 0.2) is 5.78 Å². The zero-order valence-electron chi connectivity index (χ0n) is 17.7. The molecule has 3 aliphatic rings. The zero-order valence-corrected chi connectivity index (χ0v) is 17.7. The lowest BCUT2D eigenvalue weighted by atomic mass is 9.54. The average Bonchev–Trinajstić information content (AvgIpc) is 2.89. The standard InChI is InChI=1S/C23H35NO4/c1-6-8-16-11(3)9-14-10-12(4)20(25)15(7-2)17(14)18(16)22(27)19-21(26)13(5)24-23(19)28/h9,12-18,20,25,27H,6-8,10H2,1-5H3,(H,24,28)/t12?,13?,14?,15?,16?,17?,18?,20-/m0/s1. The number of Topliss-reactive ketones (excluding diaryl/α,β-unsaturated/α-hetero) is 1. The summed E-state index contributed by atoms with van der Waals surface area (Å²) in [6.45, 7) is 10.1. The molecule has 0 radical (unpaired) electrons. The number of carbonyl (C=O) groups is 2. The molecule has 0 bridgehead atoms. The van der Waals surface area contributed by atoms with Gasteiger partial charge in [-0.05, 0) is 56.3 Å². The third-order valence-electron chi connectivity index (χ3n) is 7.42. The molecule has 1 saturated carbocycles. The summed E-state index contributed by atoms with van der Waals surface area (Å²) in [4.78, 5) is 25.0. The lowest BCUT2D eigenvalue weighted by molar-refractivity contribution is -0.117. The number of nitrogens with one attached hydrogen (secondary N) is 1. The topological polar surface area (TPSA) is 86.6 Å². The van der Waals surface area contributed by atoms with Crippen LogP contribution in [0.25, 0.3) is 0 Å². The van der Waals surface area contributed by atoms with Gasteiger partial charge in [0.1, 0.15) is 11.3 Å². The summed E-state index contributed by atoms with van der Waals surface area (Å²) in [6, 6.07) is -0.593. The van der Waals surface area contributed by atoms with Crippen molar-refractivity contribution in [3.8, 4) is 0 Å². The highest BCUT2D eigenvalue weighted by Crippen LogP contribution is 2.54. The van der Waals surface area contributed by atoms with E-state index in [1.807, 2.05) is 0 Å². The fourth-order valence-electron chi connectivity index (χ4n) is 6.09. The fourth-order valence-corrected chi connectivity index (χ4v) is 6.09. The third-order valence-corrected chi connectivity index (χ3v) is 7.42. The molecule has 0 aromatic heterocycles. The lowest BCUT2D eigenvalue weighted by Gasteiger charge is -2.51. The van der Waals surface area contributed by atoms with Crippen molar-refractivity contribution in [2.45, 2.75) is 72.4 Å². The summed E-state index contributed by atoms with van der Waals surface area (Å²) in [5.74, 6) is -0.505. The fraction of sp³-hybridized carbons (Fsp3) is 0.739. The van der Waals surface area contributed by atoms with E-state index in [4.69, 9.17) is 0 Å². The monoisotopic (exact) mass is 389 g/mol. The van der Waals surface area contributed by atoms with Crippen LogP contribution in [0.15, 0.2) is 23.0 Å². The highest BCUT2D eigenvalue weighted by atomic mass is 16.3. The SMILES string of the molecule is CCCC1C(C)=CC2CC(C)[C@H](O)C(CC)C2C1C(O)=C1C(=O)NC(C)C1=O. The maximum absolute atomic E-state index is 12.6. The molecule has 1 saturated heterocycles. The van der Waals surface area contributed by atoms with Crippen molar-refractivity contribution in [2.75, 3.05) is 0 Å². The van der Waals surface area contributed by atoms with E-state index in [-0.39, 0.29) is 52.6 Å². The van der Waals surface area contributed by atoms with Crippen molar-refractivity contribution >= 4 is 11.7 Å². The van der Waals surface area contributed by atoms with Crippen LogP contribution in [0.4, 0.5) is 0 Å². The van der Waals surface area contributed by atoms with Gasteiger partial charge >= 0.3 is 0 Å².